The van der Waals surface area contributed by atoms with Gasteiger partial charge in [0.25, 0.3) is 0 Å². The van der Waals surface area contributed by atoms with E-state index in [1.54, 1.807) is 0 Å². The van der Waals surface area contributed by atoms with Gasteiger partial charge >= 0.3 is 5.97 Å². The lowest BCUT2D eigenvalue weighted by Crippen LogP contribution is -2.57. The van der Waals surface area contributed by atoms with E-state index >= 15 is 0 Å². The van der Waals surface area contributed by atoms with Gasteiger partial charge in [-0.3, -0.25) is 19.2 Å². The topological polar surface area (TPSA) is 202 Å². The summed E-state index contributed by atoms with van der Waals surface area (Å²) in [6.45, 7) is 1.09. The molecule has 180 valence electrons. The Kier molecular flexibility index (Phi) is 9.39. The summed E-state index contributed by atoms with van der Waals surface area (Å²) in [7, 11) is 0. The van der Waals surface area contributed by atoms with E-state index in [2.05, 4.69) is 5.32 Å². The third-order valence-corrected chi connectivity index (χ3v) is 5.96. The van der Waals surface area contributed by atoms with Crippen LogP contribution in [-0.2, 0) is 24.0 Å². The van der Waals surface area contributed by atoms with E-state index in [4.69, 9.17) is 17.2 Å². The lowest BCUT2D eigenvalue weighted by atomic mass is 10.1. The quantitative estimate of drug-likeness (QED) is 0.218. The average Bonchev–Trinajstić information content (AvgIpc) is 3.41. The molecular weight excluding hydrogens is 420 g/mol. The maximum absolute atomic E-state index is 13.3. The number of nitrogens with one attached hydrogen (secondary N) is 1. The van der Waals surface area contributed by atoms with E-state index < -0.39 is 47.9 Å². The van der Waals surface area contributed by atoms with E-state index in [0.29, 0.717) is 64.6 Å². The van der Waals surface area contributed by atoms with Crippen LogP contribution in [0.2, 0.25) is 0 Å². The average molecular weight is 455 g/mol. The van der Waals surface area contributed by atoms with Crippen LogP contribution in [0.1, 0.15) is 51.4 Å². The SMILES string of the molecule is NCCCCC(NC(=O)C(N)CC(N)=O)C(=O)N1CCCC1C(=O)N1CCCC1C(=O)O. The van der Waals surface area contributed by atoms with Crippen molar-refractivity contribution in [2.75, 3.05) is 19.6 Å². The highest BCUT2D eigenvalue weighted by atomic mass is 16.4. The summed E-state index contributed by atoms with van der Waals surface area (Å²) in [5, 5.41) is 12.0. The second-order valence-corrected chi connectivity index (χ2v) is 8.34. The van der Waals surface area contributed by atoms with E-state index in [1.807, 2.05) is 0 Å². The number of nitrogens with zero attached hydrogens (tertiary/aromatic N) is 2. The summed E-state index contributed by atoms with van der Waals surface area (Å²) in [5.74, 6) is -3.27. The second kappa shape index (κ2) is 11.8. The Morgan fingerprint density at radius 1 is 1.00 bits per heavy atom. The predicted molar refractivity (Wildman–Crippen MR) is 114 cm³/mol. The Morgan fingerprint density at radius 2 is 1.62 bits per heavy atom. The van der Waals surface area contributed by atoms with Crippen LogP contribution < -0.4 is 22.5 Å². The third kappa shape index (κ3) is 6.39. The number of unbranched alkanes of at least 4 members (excludes halogenated alkanes) is 1. The fourth-order valence-corrected chi connectivity index (χ4v) is 4.30. The zero-order chi connectivity index (χ0) is 23.8. The summed E-state index contributed by atoms with van der Waals surface area (Å²) >= 11 is 0. The Hall–Kier alpha value is -2.73. The van der Waals surface area contributed by atoms with Crippen molar-refractivity contribution in [3.63, 3.8) is 0 Å². The molecule has 2 rings (SSSR count). The van der Waals surface area contributed by atoms with Crippen LogP contribution in [0.3, 0.4) is 0 Å². The molecule has 0 aliphatic carbocycles. The van der Waals surface area contributed by atoms with E-state index in [1.165, 1.54) is 9.80 Å². The lowest BCUT2D eigenvalue weighted by Gasteiger charge is -2.32. The van der Waals surface area contributed by atoms with Crippen molar-refractivity contribution in [1.29, 1.82) is 0 Å². The molecule has 2 aliphatic heterocycles. The molecule has 4 unspecified atom stereocenters. The maximum atomic E-state index is 13.3. The number of nitrogens with two attached hydrogens (primary N) is 3. The molecule has 0 saturated carbocycles. The fourth-order valence-electron chi connectivity index (χ4n) is 4.30. The molecule has 12 heteroatoms. The number of carboxylic acids is 1. The number of carbonyl (C=O) groups is 5. The molecule has 2 fully saturated rings. The number of likely N-dealkylation sites (tertiary alicyclic amines) is 2. The molecule has 0 bridgehead atoms. The van der Waals surface area contributed by atoms with Gasteiger partial charge in [-0.25, -0.2) is 4.79 Å². The number of hydrogen-bond acceptors (Lipinski definition) is 7. The van der Waals surface area contributed by atoms with Crippen molar-refractivity contribution in [1.82, 2.24) is 15.1 Å². The van der Waals surface area contributed by atoms with E-state index in [9.17, 15) is 29.1 Å². The summed E-state index contributed by atoms with van der Waals surface area (Å²) in [6.07, 6.45) is 3.16. The van der Waals surface area contributed by atoms with Crippen molar-refractivity contribution >= 4 is 29.6 Å². The first-order valence-corrected chi connectivity index (χ1v) is 11.1. The van der Waals surface area contributed by atoms with E-state index in [-0.39, 0.29) is 12.3 Å². The first-order valence-electron chi connectivity index (χ1n) is 11.1. The van der Waals surface area contributed by atoms with Crippen molar-refractivity contribution in [3.05, 3.63) is 0 Å². The van der Waals surface area contributed by atoms with E-state index in [0.717, 1.165) is 0 Å². The van der Waals surface area contributed by atoms with Crippen molar-refractivity contribution in [3.8, 4) is 0 Å². The van der Waals surface area contributed by atoms with Crippen molar-refractivity contribution in [2.24, 2.45) is 17.2 Å². The summed E-state index contributed by atoms with van der Waals surface area (Å²) in [5.41, 5.74) is 16.3. The van der Waals surface area contributed by atoms with Gasteiger partial charge in [-0.2, -0.15) is 0 Å². The van der Waals surface area contributed by atoms with Gasteiger partial charge in [0.2, 0.25) is 23.6 Å². The summed E-state index contributed by atoms with van der Waals surface area (Å²) in [6, 6.07) is -3.77. The second-order valence-electron chi connectivity index (χ2n) is 8.34. The molecule has 0 aromatic heterocycles. The van der Waals surface area contributed by atoms with Crippen molar-refractivity contribution < 1.29 is 29.1 Å². The van der Waals surface area contributed by atoms with Crippen LogP contribution in [0, 0.1) is 0 Å². The normalized spacial score (nSPS) is 22.4. The Labute approximate surface area is 186 Å². The fraction of sp³-hybridized carbons (Fsp3) is 0.750. The van der Waals surface area contributed by atoms with Gasteiger partial charge < -0.3 is 37.4 Å². The molecule has 0 aromatic rings. The Balaban J connectivity index is 2.13. The number of hydrogen-bond donors (Lipinski definition) is 5. The van der Waals surface area contributed by atoms with Gasteiger partial charge in [-0.15, -0.1) is 0 Å². The van der Waals surface area contributed by atoms with Crippen LogP contribution in [0.4, 0.5) is 0 Å². The van der Waals surface area contributed by atoms with Gasteiger partial charge in [0.15, 0.2) is 0 Å². The molecule has 2 saturated heterocycles. The largest absolute Gasteiger partial charge is 0.480 e. The highest BCUT2D eigenvalue weighted by Crippen LogP contribution is 2.26. The molecule has 4 amide bonds. The molecule has 0 spiro atoms. The molecule has 2 heterocycles. The standard InChI is InChI=1S/C20H34N6O6/c21-8-2-1-5-13(24-17(28)12(22)11-16(23)27)18(29)25-9-3-6-14(25)19(30)26-10-4-7-15(26)20(31)32/h12-15H,1-11,21-22H2,(H2,23,27)(H,24,28)(H,31,32). The van der Waals surface area contributed by atoms with Gasteiger partial charge in [-0.05, 0) is 51.5 Å². The molecule has 2 aliphatic rings. The monoisotopic (exact) mass is 454 g/mol. The van der Waals surface area contributed by atoms with Crippen LogP contribution in [0.15, 0.2) is 0 Å². The number of rotatable bonds is 11. The van der Waals surface area contributed by atoms with Gasteiger partial charge in [0.1, 0.15) is 18.1 Å². The molecule has 4 atom stereocenters. The molecular formula is C20H34N6O6. The minimum atomic E-state index is -1.19. The highest BCUT2D eigenvalue weighted by molar-refractivity contribution is 5.95. The molecule has 32 heavy (non-hydrogen) atoms. The summed E-state index contributed by atoms with van der Waals surface area (Å²) < 4.78 is 0. The molecule has 0 aromatic carbocycles. The number of amides is 4. The number of aliphatic carboxylic acids is 1. The number of carbonyl (C=O) groups excluding carboxylic acids is 4. The molecule has 0 radical (unpaired) electrons. The third-order valence-electron chi connectivity index (χ3n) is 5.96. The van der Waals surface area contributed by atoms with Crippen LogP contribution >= 0.6 is 0 Å². The highest BCUT2D eigenvalue weighted by Gasteiger charge is 2.43. The zero-order valence-corrected chi connectivity index (χ0v) is 18.2. The van der Waals surface area contributed by atoms with Crippen molar-refractivity contribution in [2.45, 2.75) is 75.5 Å². The number of carboxylic acid groups (broad SMARTS) is 1. The van der Waals surface area contributed by atoms with Crippen LogP contribution in [0.25, 0.3) is 0 Å². The van der Waals surface area contributed by atoms with Crippen LogP contribution in [-0.4, -0.2) is 88.3 Å². The smallest absolute Gasteiger partial charge is 0.326 e. The molecule has 12 nitrogen and oxygen atoms in total. The van der Waals surface area contributed by atoms with Gasteiger partial charge in [0.05, 0.1) is 12.5 Å². The maximum Gasteiger partial charge on any atom is 0.326 e. The zero-order valence-electron chi connectivity index (χ0n) is 18.2. The minimum Gasteiger partial charge on any atom is -0.480 e. The first kappa shape index (κ1) is 25.5. The number of primary amides is 1. The van der Waals surface area contributed by atoms with Gasteiger partial charge in [0, 0.05) is 13.1 Å². The first-order chi connectivity index (χ1) is 15.2. The Morgan fingerprint density at radius 3 is 2.22 bits per heavy atom. The minimum absolute atomic E-state index is 0.296. The molecule has 8 N–H and O–H groups in total. The van der Waals surface area contributed by atoms with Gasteiger partial charge in [-0.1, -0.05) is 0 Å². The lowest BCUT2D eigenvalue weighted by molar-refractivity contribution is -0.152. The summed E-state index contributed by atoms with van der Waals surface area (Å²) in [4.78, 5) is 64.1. The Bertz CT molecular complexity index is 731. The predicted octanol–water partition coefficient (Wildman–Crippen LogP) is -2.13. The van der Waals surface area contributed by atoms with Crippen LogP contribution in [0.5, 0.6) is 0 Å².